The molecule has 4 nitrogen and oxygen atoms in total. The van der Waals surface area contributed by atoms with Crippen LogP contribution in [-0.2, 0) is 4.79 Å². The van der Waals surface area contributed by atoms with Gasteiger partial charge in [-0.15, -0.1) is 0 Å². The summed E-state index contributed by atoms with van der Waals surface area (Å²) in [5, 5.41) is 3.48. The van der Waals surface area contributed by atoms with Crippen molar-refractivity contribution in [1.29, 1.82) is 0 Å². The second kappa shape index (κ2) is 9.84. The topological polar surface area (TPSA) is 35.6 Å². The van der Waals surface area contributed by atoms with Crippen molar-refractivity contribution in [3.8, 4) is 0 Å². The van der Waals surface area contributed by atoms with Crippen molar-refractivity contribution in [2.45, 2.75) is 99.8 Å². The molecule has 2 atom stereocenters. The van der Waals surface area contributed by atoms with Gasteiger partial charge in [0.25, 0.3) is 0 Å². The van der Waals surface area contributed by atoms with E-state index in [1.165, 1.54) is 38.5 Å². The minimum Gasteiger partial charge on any atom is -0.358 e. The van der Waals surface area contributed by atoms with Gasteiger partial charge in [-0.05, 0) is 75.5 Å². The van der Waals surface area contributed by atoms with Gasteiger partial charge < -0.3 is 12.7 Å². The van der Waals surface area contributed by atoms with E-state index in [4.69, 9.17) is 0 Å². The number of carbonyl (C=O) groups excluding carboxylic acids is 1. The fourth-order valence-electron chi connectivity index (χ4n) is 8.59. The summed E-state index contributed by atoms with van der Waals surface area (Å²) >= 11 is 0. The van der Waals surface area contributed by atoms with Crippen LogP contribution in [0.5, 0.6) is 0 Å². The number of piperazine rings is 1. The van der Waals surface area contributed by atoms with E-state index in [0.29, 0.717) is 12.6 Å². The third-order valence-corrected chi connectivity index (χ3v) is 9.62. The Kier molecular flexibility index (Phi) is 8.13. The molecule has 182 valence electrons. The second-order valence-electron chi connectivity index (χ2n) is 12.2. The molecule has 1 N–H and O–H groups in total. The smallest absolute Gasteiger partial charge is 0.358 e. The Bertz CT molecular complexity index is 705. The van der Waals surface area contributed by atoms with E-state index in [1.54, 1.807) is 0 Å². The van der Waals surface area contributed by atoms with E-state index in [1.807, 2.05) is 0 Å². The van der Waals surface area contributed by atoms with Gasteiger partial charge in [0.05, 0.1) is 6.54 Å². The molecule has 8 heteroatoms. The third-order valence-electron chi connectivity index (χ3n) is 9.62. The zero-order valence-electron chi connectivity index (χ0n) is 20.4. The Balaban J connectivity index is 0.00000130. The van der Waals surface area contributed by atoms with E-state index >= 15 is 4.39 Å². The molecule has 5 saturated carbocycles. The van der Waals surface area contributed by atoms with Crippen LogP contribution in [0.4, 0.5) is 13.2 Å². The van der Waals surface area contributed by atoms with Crippen molar-refractivity contribution in [2.24, 2.45) is 17.8 Å². The second-order valence-corrected chi connectivity index (χ2v) is 12.2. The maximum Gasteiger partial charge on any atom is 1.00 e. The van der Waals surface area contributed by atoms with Crippen molar-refractivity contribution >= 4 is 5.91 Å². The number of nitrogens with zero attached hydrogens (tertiary/aromatic N) is 2. The molecule has 1 amide bonds. The van der Waals surface area contributed by atoms with Gasteiger partial charge in [-0.1, -0.05) is 0 Å². The van der Waals surface area contributed by atoms with Gasteiger partial charge in [-0.3, -0.25) is 14.6 Å². The summed E-state index contributed by atoms with van der Waals surface area (Å²) in [6.45, 7) is 2.28. The van der Waals surface area contributed by atoms with Gasteiger partial charge in [0.2, 0.25) is 11.8 Å². The standard InChI is InChI=1S/C24H36F3N3O.CH3.Cs/c25-22(1-3-24(26,27)4-2-22)15-30-13-19-8-20(30)12-29(19)14-21(31)28-23-9-16-5-17(10-23)7-18(6-16)11-23;;/h16-20H,1-15H2,(H,28,31);1H3;/q;-1;+1/t16?,17?,18?,19-,20-,23?;;/m0../s1. The van der Waals surface area contributed by atoms with E-state index in [0.717, 1.165) is 37.3 Å². The minimum absolute atomic E-state index is 0. The molecule has 0 spiro atoms. The first-order valence-electron chi connectivity index (χ1n) is 12.5. The first-order valence-corrected chi connectivity index (χ1v) is 12.5. The SMILES string of the molecule is O=C(CN1C[C@@H]2C[C@H]1CN2CC1(F)CCC(F)(F)CC1)NC12CC3CC(CC(C3)C1)C2.[CH3-].[Cs+]. The van der Waals surface area contributed by atoms with Gasteiger partial charge in [0.1, 0.15) is 5.67 Å². The molecule has 0 aromatic heterocycles. The van der Waals surface area contributed by atoms with Crippen LogP contribution in [0.25, 0.3) is 0 Å². The number of halogens is 3. The average Bonchev–Trinajstić information content (AvgIpc) is 3.23. The molecule has 7 aliphatic rings. The summed E-state index contributed by atoms with van der Waals surface area (Å²) in [4.78, 5) is 17.4. The van der Waals surface area contributed by atoms with Gasteiger partial charge in [0, 0.05) is 50.1 Å². The number of hydrogen-bond donors (Lipinski definition) is 1. The largest absolute Gasteiger partial charge is 1.00 e. The van der Waals surface area contributed by atoms with Crippen LogP contribution in [0.15, 0.2) is 0 Å². The number of likely N-dealkylation sites (tertiary alicyclic amines) is 2. The van der Waals surface area contributed by atoms with Crippen LogP contribution in [0.3, 0.4) is 0 Å². The van der Waals surface area contributed by atoms with Crippen molar-refractivity contribution in [3.63, 3.8) is 0 Å². The summed E-state index contributed by atoms with van der Waals surface area (Å²) in [6, 6.07) is 0.549. The molecule has 0 unspecified atom stereocenters. The van der Waals surface area contributed by atoms with Gasteiger partial charge >= 0.3 is 68.9 Å². The summed E-state index contributed by atoms with van der Waals surface area (Å²) in [6.07, 6.45) is 7.85. The molecule has 0 aromatic rings. The molecule has 0 radical (unpaired) electrons. The van der Waals surface area contributed by atoms with E-state index in [9.17, 15) is 13.6 Å². The maximum atomic E-state index is 15.2. The molecule has 0 aromatic carbocycles. The van der Waals surface area contributed by atoms with E-state index in [2.05, 4.69) is 15.1 Å². The summed E-state index contributed by atoms with van der Waals surface area (Å²) in [5.74, 6) is -0.0833. The van der Waals surface area contributed by atoms with Crippen LogP contribution >= 0.6 is 0 Å². The molecule has 2 heterocycles. The minimum atomic E-state index is -2.69. The normalized spacial score (nSPS) is 42.6. The Morgan fingerprint density at radius 1 is 0.818 bits per heavy atom. The maximum absolute atomic E-state index is 15.2. The quantitative estimate of drug-likeness (QED) is 0.492. The van der Waals surface area contributed by atoms with Crippen molar-refractivity contribution in [3.05, 3.63) is 7.43 Å². The zero-order chi connectivity index (χ0) is 21.4. The molecule has 7 rings (SSSR count). The van der Waals surface area contributed by atoms with Crippen LogP contribution in [0.2, 0.25) is 0 Å². The number of nitrogens with one attached hydrogen (secondary N) is 1. The first kappa shape index (κ1) is 27.3. The molecule has 33 heavy (non-hydrogen) atoms. The van der Waals surface area contributed by atoms with Gasteiger partial charge in [0.15, 0.2) is 0 Å². The third kappa shape index (κ3) is 5.58. The molecule has 6 bridgehead atoms. The molecular formula is C25H39CsF3N3O. The van der Waals surface area contributed by atoms with Crippen LogP contribution in [0, 0.1) is 25.2 Å². The molecule has 7 fully saturated rings. The number of alkyl halides is 3. The summed E-state index contributed by atoms with van der Waals surface area (Å²) in [7, 11) is 0. The van der Waals surface area contributed by atoms with Crippen LogP contribution < -0.4 is 74.2 Å². The Morgan fingerprint density at radius 2 is 1.33 bits per heavy atom. The van der Waals surface area contributed by atoms with E-state index in [-0.39, 0.29) is 126 Å². The number of fused-ring (bicyclic) bond motifs is 2. The van der Waals surface area contributed by atoms with Crippen LogP contribution in [-0.4, -0.2) is 71.1 Å². The number of carbonyl (C=O) groups is 1. The molecule has 5 aliphatic carbocycles. The first-order chi connectivity index (χ1) is 14.7. The van der Waals surface area contributed by atoms with Crippen molar-refractivity contribution < 1.29 is 86.9 Å². The van der Waals surface area contributed by atoms with E-state index < -0.39 is 11.6 Å². The molecule has 2 aliphatic heterocycles. The monoisotopic (exact) mass is 587 g/mol. The fraction of sp³-hybridized carbons (Fsp3) is 0.920. The predicted octanol–water partition coefficient (Wildman–Crippen LogP) is 1.20. The number of hydrogen-bond acceptors (Lipinski definition) is 3. The fourth-order valence-corrected chi connectivity index (χ4v) is 8.59. The summed E-state index contributed by atoms with van der Waals surface area (Å²) < 4.78 is 42.0. The summed E-state index contributed by atoms with van der Waals surface area (Å²) in [5.41, 5.74) is -1.42. The Labute approximate surface area is 256 Å². The van der Waals surface area contributed by atoms with Gasteiger partial charge in [-0.2, -0.15) is 0 Å². The Hall–Kier alpha value is 1.23. The number of rotatable bonds is 5. The molecular weight excluding hydrogens is 548 g/mol. The van der Waals surface area contributed by atoms with Gasteiger partial charge in [-0.25, -0.2) is 13.2 Å². The Morgan fingerprint density at radius 3 is 1.85 bits per heavy atom. The number of amides is 1. The predicted molar refractivity (Wildman–Crippen MR) is 118 cm³/mol. The van der Waals surface area contributed by atoms with Crippen LogP contribution in [0.1, 0.15) is 70.6 Å². The molecule has 2 saturated heterocycles. The average molecular weight is 588 g/mol. The van der Waals surface area contributed by atoms with Crippen molar-refractivity contribution in [2.75, 3.05) is 26.2 Å². The van der Waals surface area contributed by atoms with Crippen molar-refractivity contribution in [1.82, 2.24) is 15.1 Å². The zero-order valence-corrected chi connectivity index (χ0v) is 26.7.